The van der Waals surface area contributed by atoms with Crippen LogP contribution in [-0.2, 0) is 185 Å². The minimum atomic E-state index is -0.521. The van der Waals surface area contributed by atoms with Gasteiger partial charge in [-0.1, -0.05) is 20.8 Å². The van der Waals surface area contributed by atoms with E-state index in [1.807, 2.05) is 20.8 Å². The van der Waals surface area contributed by atoms with Gasteiger partial charge in [-0.15, -0.1) is 0 Å². The van der Waals surface area contributed by atoms with Gasteiger partial charge in [0.2, 0.25) is 0 Å². The first-order valence-electron chi connectivity index (χ1n) is 43.8. The summed E-state index contributed by atoms with van der Waals surface area (Å²) >= 11 is 0. The quantitative estimate of drug-likeness (QED) is 0.0390. The van der Waals surface area contributed by atoms with Crippen LogP contribution in [0.1, 0.15) is 27.2 Å². The Bertz CT molecular complexity index is 2030. The van der Waals surface area contributed by atoms with Crippen LogP contribution < -0.4 is 5.32 Å². The zero-order valence-corrected chi connectivity index (χ0v) is 75.6. The molecule has 0 spiro atoms. The summed E-state index contributed by atoms with van der Waals surface area (Å²) in [4.78, 5) is 27.5. The predicted octanol–water partition coefficient (Wildman–Crippen LogP) is 1.49. The van der Waals surface area contributed by atoms with Crippen molar-refractivity contribution in [1.29, 1.82) is 0 Å². The number of carbonyl (C=O) groups is 2. The van der Waals surface area contributed by atoms with E-state index in [0.717, 1.165) is 0 Å². The molecule has 0 radical (unpaired) electrons. The van der Waals surface area contributed by atoms with Crippen LogP contribution >= 0.6 is 0 Å². The lowest BCUT2D eigenvalue weighted by Crippen LogP contribution is -2.27. The lowest BCUT2D eigenvalue weighted by atomic mass is 9.89. The van der Waals surface area contributed by atoms with E-state index in [1.54, 1.807) is 0 Å². The Hall–Kier alpha value is -2.89. The van der Waals surface area contributed by atoms with Crippen LogP contribution in [0.15, 0.2) is 11.7 Å². The maximum absolute atomic E-state index is 11.9. The first-order valence-corrected chi connectivity index (χ1v) is 43.8. The summed E-state index contributed by atoms with van der Waals surface area (Å²) < 4.78 is 199. The number of nitrogens with zero attached hydrogens (tertiary/aromatic N) is 1. The standard InChI is InChI=1S/C83H162N2O39/c1-5-85-124-82(87)80-84-7-9-89-11-13-91-15-17-93-19-21-95-23-25-97-27-29-99-31-33-101-35-37-103-39-41-105-43-45-107-47-49-109-51-53-111-55-57-113-59-61-115-63-65-117-67-69-119-71-73-121-75-77-123-79-78-122-76-74-120-72-70-118-68-66-116-64-62-114-60-58-112-56-54-110-52-50-108-48-46-106-44-42-104-40-38-102-36-34-100-32-30-98-28-26-96-24-22-94-20-18-92-16-14-90-12-10-88-8-6-81(86)83(2,3)4/h84H,1,6-80H2,2-4H3. The summed E-state index contributed by atoms with van der Waals surface area (Å²) in [7, 11) is 0. The number of Topliss-reactive ketones (excluding diaryl/α,β-unsaturated/α-hetero) is 1. The van der Waals surface area contributed by atoms with Crippen LogP contribution in [0.2, 0.25) is 0 Å². The molecule has 0 aliphatic rings. The summed E-state index contributed by atoms with van der Waals surface area (Å²) in [6.45, 7) is 43.4. The second-order valence-corrected chi connectivity index (χ2v) is 26.4. The summed E-state index contributed by atoms with van der Waals surface area (Å²) in [5, 5.41) is 6.04. The Morgan fingerprint density at radius 3 is 0.427 bits per heavy atom. The summed E-state index contributed by atoms with van der Waals surface area (Å²) in [6, 6.07) is 0. The van der Waals surface area contributed by atoms with Gasteiger partial charge < -0.3 is 181 Å². The molecule has 0 rings (SSSR count). The zero-order chi connectivity index (χ0) is 89.0. The van der Waals surface area contributed by atoms with Crippen LogP contribution in [0.4, 0.5) is 0 Å². The Balaban J connectivity index is 3.11. The number of rotatable bonds is 114. The van der Waals surface area contributed by atoms with E-state index in [1.165, 1.54) is 0 Å². The van der Waals surface area contributed by atoms with Crippen LogP contribution in [0, 0.1) is 5.41 Å². The fraction of sp³-hybridized carbons (Fsp3) is 0.952. The van der Waals surface area contributed by atoms with E-state index in [2.05, 4.69) is 27.8 Å². The fourth-order valence-electron chi connectivity index (χ4n) is 8.79. The molecule has 0 heterocycles. The van der Waals surface area contributed by atoms with Gasteiger partial charge in [0, 0.05) is 24.3 Å². The topological polar surface area (TPSA) is 400 Å². The number of hydrogen-bond donors (Lipinski definition) is 1. The lowest BCUT2D eigenvalue weighted by Gasteiger charge is -2.16. The van der Waals surface area contributed by atoms with Crippen molar-refractivity contribution in [3.8, 4) is 0 Å². The van der Waals surface area contributed by atoms with Crippen LogP contribution in [0.5, 0.6) is 0 Å². The molecule has 0 aliphatic heterocycles. The number of nitrogens with one attached hydrogen (secondary N) is 1. The van der Waals surface area contributed by atoms with E-state index in [9.17, 15) is 9.59 Å². The van der Waals surface area contributed by atoms with Crippen molar-refractivity contribution in [1.82, 2.24) is 5.32 Å². The van der Waals surface area contributed by atoms with Gasteiger partial charge in [0.05, 0.1) is 482 Å². The largest absolute Gasteiger partial charge is 0.379 e. The molecule has 0 aromatic carbocycles. The normalized spacial score (nSPS) is 11.8. The second-order valence-electron chi connectivity index (χ2n) is 26.4. The molecule has 124 heavy (non-hydrogen) atoms. The number of ketones is 1. The van der Waals surface area contributed by atoms with E-state index in [4.69, 9.17) is 171 Å². The molecule has 41 heteroatoms. The summed E-state index contributed by atoms with van der Waals surface area (Å²) in [5.74, 6) is 1.79. The molecule has 0 bridgehead atoms. The minimum absolute atomic E-state index is 0.0242. The van der Waals surface area contributed by atoms with E-state index >= 15 is 0 Å². The molecule has 0 unspecified atom stereocenters. The maximum atomic E-state index is 11.9. The molecule has 0 aromatic heterocycles. The second kappa shape index (κ2) is 111. The third-order valence-electron chi connectivity index (χ3n) is 15.2. The Morgan fingerprint density at radius 1 is 0.202 bits per heavy atom. The van der Waals surface area contributed by atoms with Crippen LogP contribution in [-0.4, -0.2) is 506 Å². The number of ether oxygens (including phenoxy) is 36. The van der Waals surface area contributed by atoms with Crippen molar-refractivity contribution in [2.75, 3.05) is 489 Å². The molecule has 738 valence electrons. The van der Waals surface area contributed by atoms with Crippen molar-refractivity contribution in [3.63, 3.8) is 0 Å². The average molecular weight is 1810 g/mol. The highest BCUT2D eigenvalue weighted by molar-refractivity contribution is 5.83. The first-order chi connectivity index (χ1) is 61.4. The van der Waals surface area contributed by atoms with Crippen molar-refractivity contribution < 1.29 is 185 Å². The number of carbonyl (C=O) groups excluding carboxylic acids is 2. The molecule has 0 saturated heterocycles. The molecule has 0 atom stereocenters. The highest BCUT2D eigenvalue weighted by Crippen LogP contribution is 2.16. The third kappa shape index (κ3) is 111. The molecular weight excluding hydrogens is 1650 g/mol. The molecule has 41 nitrogen and oxygen atoms in total. The van der Waals surface area contributed by atoms with Crippen molar-refractivity contribution >= 4 is 17.6 Å². The van der Waals surface area contributed by atoms with Gasteiger partial charge in [0.15, 0.2) is 0 Å². The van der Waals surface area contributed by atoms with Gasteiger partial charge in [0.25, 0.3) is 0 Å². The Kier molecular flexibility index (Phi) is 108. The Labute approximate surface area is 738 Å². The summed E-state index contributed by atoms with van der Waals surface area (Å²) in [6.07, 6.45) is 0.421. The summed E-state index contributed by atoms with van der Waals surface area (Å²) in [5.41, 5.74) is -0.328. The molecular formula is C83H162N2O39. The third-order valence-corrected chi connectivity index (χ3v) is 15.2. The molecule has 0 amide bonds. The van der Waals surface area contributed by atoms with Gasteiger partial charge in [-0.25, -0.2) is 4.79 Å². The predicted molar refractivity (Wildman–Crippen MR) is 451 cm³/mol. The molecule has 0 fully saturated rings. The minimum Gasteiger partial charge on any atom is -0.379 e. The van der Waals surface area contributed by atoms with E-state index in [0.29, 0.717) is 489 Å². The van der Waals surface area contributed by atoms with Gasteiger partial charge >= 0.3 is 5.97 Å². The molecule has 0 saturated carbocycles. The van der Waals surface area contributed by atoms with Crippen LogP contribution in [0.25, 0.3) is 0 Å². The molecule has 1 N–H and O–H groups in total. The highest BCUT2D eigenvalue weighted by atomic mass is 16.7. The smallest absolute Gasteiger partial charge is 0.349 e. The lowest BCUT2D eigenvalue weighted by molar-refractivity contribution is -0.142. The van der Waals surface area contributed by atoms with Gasteiger partial charge in [-0.3, -0.25) is 4.79 Å². The zero-order valence-electron chi connectivity index (χ0n) is 75.6. The Morgan fingerprint density at radius 2 is 0.315 bits per heavy atom. The monoisotopic (exact) mass is 1810 g/mol. The highest BCUT2D eigenvalue weighted by Gasteiger charge is 2.20. The van der Waals surface area contributed by atoms with Crippen LogP contribution in [0.3, 0.4) is 0 Å². The van der Waals surface area contributed by atoms with Gasteiger partial charge in [-0.2, -0.15) is 0 Å². The van der Waals surface area contributed by atoms with Gasteiger partial charge in [-0.05, 0) is 11.7 Å². The maximum Gasteiger partial charge on any atom is 0.349 e. The van der Waals surface area contributed by atoms with Crippen molar-refractivity contribution in [2.24, 2.45) is 10.6 Å². The van der Waals surface area contributed by atoms with E-state index < -0.39 is 5.97 Å². The van der Waals surface area contributed by atoms with E-state index in [-0.39, 0.29) is 17.7 Å². The number of hydrogen-bond acceptors (Lipinski definition) is 41. The van der Waals surface area contributed by atoms with Gasteiger partial charge in [0.1, 0.15) is 5.78 Å². The SMILES string of the molecule is C=C=NOC(=O)CNCCOCCOCCOCCOCCOCCOCCOCCOCCOCCOCCOCCOCCOCCOCCOCCOCCOCCOCCOCCOCCOCCOCCOCCOCCOCCOCCOCCOCCOCCOCCOCCOCCOCCOCCOCCOCCC(=O)C(C)(C)C. The average Bonchev–Trinajstić information content (AvgIpc) is 0.922. The fourth-order valence-corrected chi connectivity index (χ4v) is 8.79. The molecule has 0 aromatic rings. The van der Waals surface area contributed by atoms with Crippen molar-refractivity contribution in [2.45, 2.75) is 27.2 Å². The first kappa shape index (κ1) is 121. The van der Waals surface area contributed by atoms with Crippen molar-refractivity contribution in [3.05, 3.63) is 6.58 Å². The molecule has 0 aliphatic carbocycles.